The van der Waals surface area contributed by atoms with Gasteiger partial charge in [0, 0.05) is 18.8 Å². The van der Waals surface area contributed by atoms with E-state index in [4.69, 9.17) is 11.6 Å². The molecular weight excluding hydrogens is 317 g/mol. The van der Waals surface area contributed by atoms with Crippen molar-refractivity contribution in [2.45, 2.75) is 6.54 Å². The summed E-state index contributed by atoms with van der Waals surface area (Å²) in [5, 5.41) is 3.06. The zero-order valence-electron chi connectivity index (χ0n) is 12.0. The zero-order chi connectivity index (χ0) is 16.2. The molecule has 0 unspecified atom stereocenters. The molecule has 23 heavy (non-hydrogen) atoms. The second-order valence-corrected chi connectivity index (χ2v) is 5.25. The lowest BCUT2D eigenvalue weighted by atomic mass is 10.2. The van der Waals surface area contributed by atoms with Crippen LogP contribution < -0.4 is 5.32 Å². The molecule has 2 heterocycles. The monoisotopic (exact) mass is 329 g/mol. The number of carbonyl (C=O) groups is 1. The Hall–Kier alpha value is -2.66. The highest BCUT2D eigenvalue weighted by Gasteiger charge is 2.07. The SMILES string of the molecule is O=C(C=Cc1c(Cl)nc2ccccn12)NCc1ccc(F)cc1. The van der Waals surface area contributed by atoms with Crippen LogP contribution in [0.5, 0.6) is 0 Å². The molecule has 4 nitrogen and oxygen atoms in total. The van der Waals surface area contributed by atoms with E-state index in [9.17, 15) is 9.18 Å². The number of nitrogens with one attached hydrogen (secondary N) is 1. The fraction of sp³-hybridized carbons (Fsp3) is 0.0588. The quantitative estimate of drug-likeness (QED) is 0.745. The van der Waals surface area contributed by atoms with Crippen molar-refractivity contribution in [2.75, 3.05) is 0 Å². The molecule has 3 rings (SSSR count). The maximum absolute atomic E-state index is 12.8. The summed E-state index contributed by atoms with van der Waals surface area (Å²) in [6.45, 7) is 0.324. The topological polar surface area (TPSA) is 46.4 Å². The molecule has 2 aromatic heterocycles. The van der Waals surface area contributed by atoms with Crippen LogP contribution in [-0.4, -0.2) is 15.3 Å². The number of amides is 1. The van der Waals surface area contributed by atoms with Crippen molar-refractivity contribution in [1.82, 2.24) is 14.7 Å². The van der Waals surface area contributed by atoms with Crippen molar-refractivity contribution in [1.29, 1.82) is 0 Å². The number of hydrogen-bond acceptors (Lipinski definition) is 2. The lowest BCUT2D eigenvalue weighted by molar-refractivity contribution is -0.116. The van der Waals surface area contributed by atoms with Crippen LogP contribution in [0.15, 0.2) is 54.7 Å². The number of benzene rings is 1. The first-order valence-corrected chi connectivity index (χ1v) is 7.34. The Bertz CT molecular complexity index is 871. The van der Waals surface area contributed by atoms with Crippen LogP contribution in [0.3, 0.4) is 0 Å². The summed E-state index contributed by atoms with van der Waals surface area (Å²) in [6.07, 6.45) is 4.83. The summed E-state index contributed by atoms with van der Waals surface area (Å²) in [5.41, 5.74) is 2.17. The van der Waals surface area contributed by atoms with Gasteiger partial charge < -0.3 is 5.32 Å². The van der Waals surface area contributed by atoms with Gasteiger partial charge in [-0.1, -0.05) is 29.8 Å². The van der Waals surface area contributed by atoms with Crippen LogP contribution in [0.4, 0.5) is 4.39 Å². The predicted octanol–water partition coefficient (Wildman–Crippen LogP) is 3.46. The highest BCUT2D eigenvalue weighted by molar-refractivity contribution is 6.31. The molecule has 1 aromatic carbocycles. The van der Waals surface area contributed by atoms with Crippen LogP contribution in [0, 0.1) is 5.82 Å². The van der Waals surface area contributed by atoms with Crippen molar-refractivity contribution in [3.05, 3.63) is 77.0 Å². The van der Waals surface area contributed by atoms with Crippen LogP contribution >= 0.6 is 11.6 Å². The zero-order valence-corrected chi connectivity index (χ0v) is 12.8. The maximum Gasteiger partial charge on any atom is 0.244 e. The van der Waals surface area contributed by atoms with E-state index < -0.39 is 0 Å². The van der Waals surface area contributed by atoms with Gasteiger partial charge in [0.15, 0.2) is 5.15 Å². The smallest absolute Gasteiger partial charge is 0.244 e. The molecule has 0 saturated heterocycles. The Kier molecular flexibility index (Phi) is 4.39. The first-order valence-electron chi connectivity index (χ1n) is 6.96. The van der Waals surface area contributed by atoms with E-state index in [0.717, 1.165) is 5.56 Å². The largest absolute Gasteiger partial charge is 0.348 e. The molecule has 6 heteroatoms. The third-order valence-electron chi connectivity index (χ3n) is 3.29. The van der Waals surface area contributed by atoms with Crippen LogP contribution in [0.1, 0.15) is 11.3 Å². The third-order valence-corrected chi connectivity index (χ3v) is 3.57. The molecule has 3 aromatic rings. The number of imidazole rings is 1. The molecule has 1 N–H and O–H groups in total. The molecule has 0 aliphatic carbocycles. The molecule has 0 aliphatic heterocycles. The number of halogens is 2. The van der Waals surface area contributed by atoms with Crippen molar-refractivity contribution < 1.29 is 9.18 Å². The third kappa shape index (κ3) is 3.57. The minimum absolute atomic E-state index is 0.267. The van der Waals surface area contributed by atoms with Gasteiger partial charge in [-0.15, -0.1) is 0 Å². The molecule has 0 aliphatic rings. The molecule has 116 valence electrons. The number of fused-ring (bicyclic) bond motifs is 1. The van der Waals surface area contributed by atoms with Gasteiger partial charge in [0.2, 0.25) is 5.91 Å². The first kappa shape index (κ1) is 15.2. The summed E-state index contributed by atoms with van der Waals surface area (Å²) in [6, 6.07) is 11.5. The number of carbonyl (C=O) groups excluding carboxylic acids is 1. The van der Waals surface area contributed by atoms with Crippen LogP contribution in [0.2, 0.25) is 5.15 Å². The number of pyridine rings is 1. The Balaban J connectivity index is 1.68. The summed E-state index contributed by atoms with van der Waals surface area (Å²) < 4.78 is 14.6. The highest BCUT2D eigenvalue weighted by Crippen LogP contribution is 2.18. The van der Waals surface area contributed by atoms with Gasteiger partial charge in [0.05, 0.1) is 5.69 Å². The van der Waals surface area contributed by atoms with E-state index in [1.54, 1.807) is 22.6 Å². The van der Waals surface area contributed by atoms with Crippen molar-refractivity contribution in [3.8, 4) is 0 Å². The molecule has 0 atom stereocenters. The molecule has 0 radical (unpaired) electrons. The summed E-state index contributed by atoms with van der Waals surface area (Å²) >= 11 is 6.09. The molecule has 0 bridgehead atoms. The molecule has 0 saturated carbocycles. The average molecular weight is 330 g/mol. The van der Waals surface area contributed by atoms with E-state index >= 15 is 0 Å². The number of aromatic nitrogens is 2. The summed E-state index contributed by atoms with van der Waals surface area (Å²) in [4.78, 5) is 16.1. The van der Waals surface area contributed by atoms with E-state index in [1.165, 1.54) is 18.2 Å². The Morgan fingerprint density at radius 2 is 2.04 bits per heavy atom. The van der Waals surface area contributed by atoms with Crippen LogP contribution in [-0.2, 0) is 11.3 Å². The fourth-order valence-electron chi connectivity index (χ4n) is 2.14. The summed E-state index contributed by atoms with van der Waals surface area (Å²) in [7, 11) is 0. The lowest BCUT2D eigenvalue weighted by Gasteiger charge is -2.02. The molecular formula is C17H13ClFN3O. The Morgan fingerprint density at radius 3 is 2.83 bits per heavy atom. The molecule has 1 amide bonds. The number of hydrogen-bond donors (Lipinski definition) is 1. The van der Waals surface area contributed by atoms with Gasteiger partial charge in [-0.25, -0.2) is 9.37 Å². The predicted molar refractivity (Wildman–Crippen MR) is 87.5 cm³/mol. The Morgan fingerprint density at radius 1 is 1.26 bits per heavy atom. The minimum Gasteiger partial charge on any atom is -0.348 e. The highest BCUT2D eigenvalue weighted by atomic mass is 35.5. The van der Waals surface area contributed by atoms with E-state index in [1.807, 2.05) is 24.4 Å². The second kappa shape index (κ2) is 6.62. The van der Waals surface area contributed by atoms with Gasteiger partial charge >= 0.3 is 0 Å². The van der Waals surface area contributed by atoms with Crippen molar-refractivity contribution >= 4 is 29.2 Å². The minimum atomic E-state index is -0.303. The van der Waals surface area contributed by atoms with E-state index in [0.29, 0.717) is 23.0 Å². The lowest BCUT2D eigenvalue weighted by Crippen LogP contribution is -2.20. The van der Waals surface area contributed by atoms with Gasteiger partial charge in [-0.2, -0.15) is 0 Å². The summed E-state index contributed by atoms with van der Waals surface area (Å²) in [5.74, 6) is -0.571. The number of nitrogens with zero attached hydrogens (tertiary/aromatic N) is 2. The normalized spacial score (nSPS) is 11.2. The van der Waals surface area contributed by atoms with Crippen molar-refractivity contribution in [2.24, 2.45) is 0 Å². The Labute approximate surface area is 137 Å². The van der Waals surface area contributed by atoms with E-state index in [2.05, 4.69) is 10.3 Å². The van der Waals surface area contributed by atoms with Gasteiger partial charge in [-0.05, 0) is 35.9 Å². The average Bonchev–Trinajstić information content (AvgIpc) is 2.87. The van der Waals surface area contributed by atoms with Gasteiger partial charge in [0.1, 0.15) is 11.5 Å². The number of rotatable bonds is 4. The van der Waals surface area contributed by atoms with Crippen LogP contribution in [0.25, 0.3) is 11.7 Å². The van der Waals surface area contributed by atoms with Gasteiger partial charge in [-0.3, -0.25) is 9.20 Å². The fourth-order valence-corrected chi connectivity index (χ4v) is 2.38. The van der Waals surface area contributed by atoms with E-state index in [-0.39, 0.29) is 11.7 Å². The van der Waals surface area contributed by atoms with Crippen molar-refractivity contribution in [3.63, 3.8) is 0 Å². The standard InChI is InChI=1S/C17H13ClFN3O/c18-17-14(22-10-2-1-3-15(22)21-17)8-9-16(23)20-11-12-4-6-13(19)7-5-12/h1-10H,11H2,(H,20,23). The maximum atomic E-state index is 12.8. The molecule has 0 fully saturated rings. The molecule has 0 spiro atoms. The van der Waals surface area contributed by atoms with Gasteiger partial charge in [0.25, 0.3) is 0 Å². The first-order chi connectivity index (χ1) is 11.1. The second-order valence-electron chi connectivity index (χ2n) is 4.89.